The maximum absolute atomic E-state index is 5.84. The van der Waals surface area contributed by atoms with Crippen LogP contribution in [0, 0.1) is 0 Å². The quantitative estimate of drug-likeness (QED) is 0.870. The SMILES string of the molecule is CCCN1CCN(c2ccnc3cc(N)ccc23)CC1. The lowest BCUT2D eigenvalue weighted by atomic mass is 10.1. The van der Waals surface area contributed by atoms with Crippen molar-refractivity contribution in [2.24, 2.45) is 0 Å². The van der Waals surface area contributed by atoms with Crippen molar-refractivity contribution >= 4 is 22.3 Å². The van der Waals surface area contributed by atoms with E-state index >= 15 is 0 Å². The van der Waals surface area contributed by atoms with Crippen molar-refractivity contribution in [3.63, 3.8) is 0 Å². The van der Waals surface area contributed by atoms with Crippen LogP contribution in [0.4, 0.5) is 11.4 Å². The Morgan fingerprint density at radius 3 is 2.70 bits per heavy atom. The minimum absolute atomic E-state index is 0.773. The fourth-order valence-electron chi connectivity index (χ4n) is 2.95. The van der Waals surface area contributed by atoms with E-state index in [0.29, 0.717) is 0 Å². The molecule has 0 unspecified atom stereocenters. The molecule has 0 saturated carbocycles. The van der Waals surface area contributed by atoms with Gasteiger partial charge in [-0.2, -0.15) is 0 Å². The van der Waals surface area contributed by atoms with Crippen LogP contribution in [0.25, 0.3) is 10.9 Å². The van der Waals surface area contributed by atoms with Crippen molar-refractivity contribution < 1.29 is 0 Å². The van der Waals surface area contributed by atoms with Crippen LogP contribution in [0.5, 0.6) is 0 Å². The zero-order chi connectivity index (χ0) is 13.9. The van der Waals surface area contributed by atoms with Crippen LogP contribution in [0.2, 0.25) is 0 Å². The third-order valence-corrected chi connectivity index (χ3v) is 4.00. The Morgan fingerprint density at radius 2 is 1.95 bits per heavy atom. The number of piperazine rings is 1. The number of nitrogens with zero attached hydrogens (tertiary/aromatic N) is 3. The summed E-state index contributed by atoms with van der Waals surface area (Å²) < 4.78 is 0. The normalized spacial score (nSPS) is 16.8. The highest BCUT2D eigenvalue weighted by Crippen LogP contribution is 2.27. The Bertz CT molecular complexity index is 588. The summed E-state index contributed by atoms with van der Waals surface area (Å²) in [5, 5.41) is 1.20. The van der Waals surface area contributed by atoms with Crippen LogP contribution >= 0.6 is 0 Å². The third kappa shape index (κ3) is 2.56. The van der Waals surface area contributed by atoms with Crippen LogP contribution in [-0.4, -0.2) is 42.6 Å². The highest BCUT2D eigenvalue weighted by Gasteiger charge is 2.18. The predicted molar refractivity (Wildman–Crippen MR) is 85.1 cm³/mol. The Labute approximate surface area is 120 Å². The number of rotatable bonds is 3. The molecule has 1 saturated heterocycles. The van der Waals surface area contributed by atoms with Gasteiger partial charge in [0.15, 0.2) is 0 Å². The smallest absolute Gasteiger partial charge is 0.0743 e. The van der Waals surface area contributed by atoms with Gasteiger partial charge in [0.25, 0.3) is 0 Å². The number of fused-ring (bicyclic) bond motifs is 1. The summed E-state index contributed by atoms with van der Waals surface area (Å²) in [6.45, 7) is 7.92. The van der Waals surface area contributed by atoms with Crippen molar-refractivity contribution in [3.8, 4) is 0 Å². The third-order valence-electron chi connectivity index (χ3n) is 4.00. The molecule has 0 radical (unpaired) electrons. The Balaban J connectivity index is 1.84. The van der Waals surface area contributed by atoms with Crippen molar-refractivity contribution in [3.05, 3.63) is 30.5 Å². The minimum atomic E-state index is 0.773. The predicted octanol–water partition coefficient (Wildman–Crippen LogP) is 2.35. The zero-order valence-corrected chi connectivity index (χ0v) is 12.0. The van der Waals surface area contributed by atoms with Gasteiger partial charge >= 0.3 is 0 Å². The van der Waals surface area contributed by atoms with E-state index in [4.69, 9.17) is 5.73 Å². The molecule has 0 atom stereocenters. The second kappa shape index (κ2) is 5.67. The second-order valence-electron chi connectivity index (χ2n) is 5.44. The maximum Gasteiger partial charge on any atom is 0.0743 e. The van der Waals surface area contributed by atoms with Crippen molar-refractivity contribution in [2.75, 3.05) is 43.4 Å². The molecule has 2 heterocycles. The summed E-state index contributed by atoms with van der Waals surface area (Å²) >= 11 is 0. The van der Waals surface area contributed by atoms with E-state index in [2.05, 4.69) is 33.8 Å². The monoisotopic (exact) mass is 270 g/mol. The van der Waals surface area contributed by atoms with Gasteiger partial charge in [-0.05, 0) is 37.2 Å². The molecule has 4 nitrogen and oxygen atoms in total. The van der Waals surface area contributed by atoms with Crippen LogP contribution in [0.3, 0.4) is 0 Å². The van der Waals surface area contributed by atoms with Gasteiger partial charge in [0.05, 0.1) is 5.52 Å². The van der Waals surface area contributed by atoms with E-state index in [1.165, 1.54) is 24.0 Å². The first-order valence-corrected chi connectivity index (χ1v) is 7.39. The summed E-state index contributed by atoms with van der Waals surface area (Å²) in [5.74, 6) is 0. The molecule has 0 amide bonds. The number of benzene rings is 1. The van der Waals surface area contributed by atoms with Crippen molar-refractivity contribution in [1.82, 2.24) is 9.88 Å². The molecule has 20 heavy (non-hydrogen) atoms. The van der Waals surface area contributed by atoms with Crippen LogP contribution in [-0.2, 0) is 0 Å². The minimum Gasteiger partial charge on any atom is -0.399 e. The Hall–Kier alpha value is -1.81. The van der Waals surface area contributed by atoms with Gasteiger partial charge in [0.2, 0.25) is 0 Å². The Kier molecular flexibility index (Phi) is 3.74. The van der Waals surface area contributed by atoms with Gasteiger partial charge in [-0.1, -0.05) is 6.92 Å². The number of pyridine rings is 1. The van der Waals surface area contributed by atoms with Crippen LogP contribution < -0.4 is 10.6 Å². The molecular formula is C16H22N4. The highest BCUT2D eigenvalue weighted by atomic mass is 15.3. The lowest BCUT2D eigenvalue weighted by Gasteiger charge is -2.36. The van der Waals surface area contributed by atoms with E-state index in [-0.39, 0.29) is 0 Å². The first-order valence-electron chi connectivity index (χ1n) is 7.39. The van der Waals surface area contributed by atoms with Gasteiger partial charge in [0, 0.05) is 49.1 Å². The van der Waals surface area contributed by atoms with Gasteiger partial charge in [-0.25, -0.2) is 0 Å². The molecule has 4 heteroatoms. The van der Waals surface area contributed by atoms with Gasteiger partial charge < -0.3 is 10.6 Å². The largest absolute Gasteiger partial charge is 0.399 e. The van der Waals surface area contributed by atoms with E-state index in [9.17, 15) is 0 Å². The molecule has 1 fully saturated rings. The maximum atomic E-state index is 5.84. The standard InChI is InChI=1S/C16H22N4/c1-2-7-19-8-10-20(11-9-19)16-5-6-18-15-12-13(17)3-4-14(15)16/h3-6,12H,2,7-11,17H2,1H3. The molecule has 0 spiro atoms. The van der Waals surface area contributed by atoms with E-state index < -0.39 is 0 Å². The number of hydrogen-bond donors (Lipinski definition) is 1. The first kappa shape index (κ1) is 13.2. The molecular weight excluding hydrogens is 248 g/mol. The highest BCUT2D eigenvalue weighted by molar-refractivity contribution is 5.93. The number of nitrogens with two attached hydrogens (primary N) is 1. The molecule has 106 valence electrons. The molecule has 1 aliphatic rings. The summed E-state index contributed by atoms with van der Waals surface area (Å²) in [6, 6.07) is 8.12. The number of aromatic nitrogens is 1. The summed E-state index contributed by atoms with van der Waals surface area (Å²) in [5.41, 5.74) is 8.88. The van der Waals surface area contributed by atoms with Gasteiger partial charge in [-0.15, -0.1) is 0 Å². The lowest BCUT2D eigenvalue weighted by molar-refractivity contribution is 0.258. The summed E-state index contributed by atoms with van der Waals surface area (Å²) in [6.07, 6.45) is 3.12. The molecule has 3 rings (SSSR count). The van der Waals surface area contributed by atoms with Gasteiger partial charge in [0.1, 0.15) is 0 Å². The molecule has 2 aromatic rings. The molecule has 1 aromatic carbocycles. The topological polar surface area (TPSA) is 45.4 Å². The van der Waals surface area contributed by atoms with E-state index in [1.54, 1.807) is 0 Å². The van der Waals surface area contributed by atoms with Crippen molar-refractivity contribution in [2.45, 2.75) is 13.3 Å². The summed E-state index contributed by atoms with van der Waals surface area (Å²) in [4.78, 5) is 9.43. The number of anilines is 2. The number of nitrogen functional groups attached to an aromatic ring is 1. The van der Waals surface area contributed by atoms with E-state index in [0.717, 1.165) is 37.4 Å². The molecule has 1 aromatic heterocycles. The van der Waals surface area contributed by atoms with Crippen LogP contribution in [0.1, 0.15) is 13.3 Å². The average molecular weight is 270 g/mol. The van der Waals surface area contributed by atoms with Crippen molar-refractivity contribution in [1.29, 1.82) is 0 Å². The fourth-order valence-corrected chi connectivity index (χ4v) is 2.95. The summed E-state index contributed by atoms with van der Waals surface area (Å²) in [7, 11) is 0. The molecule has 2 N–H and O–H groups in total. The lowest BCUT2D eigenvalue weighted by Crippen LogP contribution is -2.46. The molecule has 1 aliphatic heterocycles. The zero-order valence-electron chi connectivity index (χ0n) is 12.0. The average Bonchev–Trinajstić information content (AvgIpc) is 2.47. The molecule has 0 bridgehead atoms. The van der Waals surface area contributed by atoms with E-state index in [1.807, 2.05) is 18.3 Å². The Morgan fingerprint density at radius 1 is 1.15 bits per heavy atom. The second-order valence-corrected chi connectivity index (χ2v) is 5.44. The number of hydrogen-bond acceptors (Lipinski definition) is 4. The van der Waals surface area contributed by atoms with Gasteiger partial charge in [-0.3, -0.25) is 9.88 Å². The molecule has 0 aliphatic carbocycles. The first-order chi connectivity index (χ1) is 9.78. The fraction of sp³-hybridized carbons (Fsp3) is 0.438. The van der Waals surface area contributed by atoms with Crippen LogP contribution in [0.15, 0.2) is 30.5 Å².